The summed E-state index contributed by atoms with van der Waals surface area (Å²) < 4.78 is 0. The van der Waals surface area contributed by atoms with Gasteiger partial charge in [0, 0.05) is 35.8 Å². The third kappa shape index (κ3) is 5.50. The van der Waals surface area contributed by atoms with E-state index in [0.717, 1.165) is 31.6 Å². The molecule has 2 aromatic carbocycles. The van der Waals surface area contributed by atoms with Gasteiger partial charge in [0.15, 0.2) is 5.13 Å². The van der Waals surface area contributed by atoms with Crippen molar-refractivity contribution in [3.8, 4) is 6.07 Å². The van der Waals surface area contributed by atoms with Gasteiger partial charge in [-0.3, -0.25) is 14.9 Å². The van der Waals surface area contributed by atoms with E-state index in [1.165, 1.54) is 11.3 Å². The number of piperidine rings is 1. The molecule has 1 aromatic heterocycles. The second-order valence-corrected chi connectivity index (χ2v) is 8.49. The molecule has 2 heterocycles. The first-order chi connectivity index (χ1) is 15.6. The maximum Gasteiger partial charge on any atom is 0.257 e. The van der Waals surface area contributed by atoms with Crippen LogP contribution in [0, 0.1) is 11.3 Å². The summed E-state index contributed by atoms with van der Waals surface area (Å²) >= 11 is 1.31. The Kier molecular flexibility index (Phi) is 6.78. The molecule has 2 amide bonds. The highest BCUT2D eigenvalue weighted by Crippen LogP contribution is 2.21. The van der Waals surface area contributed by atoms with E-state index in [1.807, 2.05) is 30.3 Å². The van der Waals surface area contributed by atoms with Gasteiger partial charge in [0.1, 0.15) is 0 Å². The predicted molar refractivity (Wildman–Crippen MR) is 125 cm³/mol. The van der Waals surface area contributed by atoms with Gasteiger partial charge in [-0.1, -0.05) is 18.2 Å². The molecule has 1 fully saturated rings. The molecule has 162 valence electrons. The topological polar surface area (TPSA) is 98.1 Å². The molecule has 4 rings (SSSR count). The lowest BCUT2D eigenvalue weighted by Gasteiger charge is -2.34. The molecule has 32 heavy (non-hydrogen) atoms. The van der Waals surface area contributed by atoms with E-state index >= 15 is 0 Å². The Bertz CT molecular complexity index is 1110. The number of anilines is 2. The quantitative estimate of drug-likeness (QED) is 0.604. The molecular weight excluding hydrogens is 422 g/mol. The molecule has 2 N–H and O–H groups in total. The Morgan fingerprint density at radius 2 is 1.81 bits per heavy atom. The standard InChI is InChI=1S/C24H23N5O2S/c25-15-17-6-8-21(9-7-17)29-12-10-19(11-13-29)26-22(30)14-20-16-32-24(27-20)28-23(31)18-4-2-1-3-5-18/h1-9,16,19H,10-14H2,(H,26,30)(H,27,28,31). The number of hydrogen-bond donors (Lipinski definition) is 2. The van der Waals surface area contributed by atoms with Crippen LogP contribution in [-0.2, 0) is 11.2 Å². The monoisotopic (exact) mass is 445 g/mol. The summed E-state index contributed by atoms with van der Waals surface area (Å²) in [6.07, 6.45) is 1.91. The predicted octanol–water partition coefficient (Wildman–Crippen LogP) is 3.59. The fourth-order valence-corrected chi connectivity index (χ4v) is 4.38. The number of nitrogens with one attached hydrogen (secondary N) is 2. The Morgan fingerprint density at radius 1 is 1.09 bits per heavy atom. The summed E-state index contributed by atoms with van der Waals surface area (Å²) in [4.78, 5) is 31.3. The van der Waals surface area contributed by atoms with Crippen LogP contribution in [0.15, 0.2) is 60.0 Å². The zero-order valence-corrected chi connectivity index (χ0v) is 18.3. The molecule has 0 radical (unpaired) electrons. The number of hydrogen-bond acceptors (Lipinski definition) is 6. The summed E-state index contributed by atoms with van der Waals surface area (Å²) in [5, 5.41) is 17.1. The molecule has 0 unspecified atom stereocenters. The van der Waals surface area contributed by atoms with Crippen molar-refractivity contribution in [2.45, 2.75) is 25.3 Å². The average molecular weight is 446 g/mol. The van der Waals surface area contributed by atoms with Crippen LogP contribution in [0.4, 0.5) is 10.8 Å². The van der Waals surface area contributed by atoms with Gasteiger partial charge in [-0.2, -0.15) is 5.26 Å². The van der Waals surface area contributed by atoms with E-state index in [0.29, 0.717) is 22.0 Å². The summed E-state index contributed by atoms with van der Waals surface area (Å²) in [5.41, 5.74) is 2.96. The zero-order valence-electron chi connectivity index (χ0n) is 17.5. The SMILES string of the molecule is N#Cc1ccc(N2CCC(NC(=O)Cc3csc(NC(=O)c4ccccc4)n3)CC2)cc1. The average Bonchev–Trinajstić information content (AvgIpc) is 3.26. The van der Waals surface area contributed by atoms with Crippen LogP contribution in [0.5, 0.6) is 0 Å². The third-order valence-electron chi connectivity index (χ3n) is 5.37. The van der Waals surface area contributed by atoms with Crippen molar-refractivity contribution in [1.82, 2.24) is 10.3 Å². The lowest BCUT2D eigenvalue weighted by atomic mass is 10.0. The minimum Gasteiger partial charge on any atom is -0.371 e. The van der Waals surface area contributed by atoms with E-state index in [2.05, 4.69) is 26.6 Å². The minimum atomic E-state index is -0.218. The largest absolute Gasteiger partial charge is 0.371 e. The van der Waals surface area contributed by atoms with Gasteiger partial charge in [0.25, 0.3) is 5.91 Å². The number of aromatic nitrogens is 1. The summed E-state index contributed by atoms with van der Waals surface area (Å²) in [6.45, 7) is 1.70. The summed E-state index contributed by atoms with van der Waals surface area (Å²) in [5.74, 6) is -0.280. The first-order valence-electron chi connectivity index (χ1n) is 10.5. The second kappa shape index (κ2) is 10.1. The fourth-order valence-electron chi connectivity index (χ4n) is 3.68. The molecule has 0 atom stereocenters. The molecule has 0 bridgehead atoms. The van der Waals surface area contributed by atoms with Crippen LogP contribution in [0.1, 0.15) is 34.5 Å². The van der Waals surface area contributed by atoms with Crippen molar-refractivity contribution in [2.75, 3.05) is 23.3 Å². The molecule has 8 heteroatoms. The highest BCUT2D eigenvalue weighted by molar-refractivity contribution is 7.14. The molecule has 0 saturated carbocycles. The Morgan fingerprint density at radius 3 is 2.50 bits per heavy atom. The van der Waals surface area contributed by atoms with Crippen LogP contribution < -0.4 is 15.5 Å². The summed E-state index contributed by atoms with van der Waals surface area (Å²) in [6, 6.07) is 18.8. The van der Waals surface area contributed by atoms with E-state index in [9.17, 15) is 9.59 Å². The van der Waals surface area contributed by atoms with Gasteiger partial charge in [-0.25, -0.2) is 4.98 Å². The van der Waals surface area contributed by atoms with Crippen molar-refractivity contribution >= 4 is 34.0 Å². The van der Waals surface area contributed by atoms with Crippen LogP contribution in [-0.4, -0.2) is 35.9 Å². The van der Waals surface area contributed by atoms with Crippen LogP contribution in [0.2, 0.25) is 0 Å². The van der Waals surface area contributed by atoms with Crippen molar-refractivity contribution in [2.24, 2.45) is 0 Å². The number of amides is 2. The maximum atomic E-state index is 12.5. The molecule has 7 nitrogen and oxygen atoms in total. The maximum absolute atomic E-state index is 12.5. The highest BCUT2D eigenvalue weighted by Gasteiger charge is 2.21. The van der Waals surface area contributed by atoms with Gasteiger partial charge in [-0.15, -0.1) is 11.3 Å². The van der Waals surface area contributed by atoms with Gasteiger partial charge < -0.3 is 10.2 Å². The van der Waals surface area contributed by atoms with E-state index in [1.54, 1.807) is 29.6 Å². The number of carbonyl (C=O) groups is 2. The van der Waals surface area contributed by atoms with Crippen molar-refractivity contribution < 1.29 is 9.59 Å². The first kappa shape index (κ1) is 21.5. The lowest BCUT2D eigenvalue weighted by Crippen LogP contribution is -2.45. The number of carbonyl (C=O) groups excluding carboxylic acids is 2. The van der Waals surface area contributed by atoms with Crippen LogP contribution >= 0.6 is 11.3 Å². The van der Waals surface area contributed by atoms with Crippen molar-refractivity contribution in [3.05, 3.63) is 76.8 Å². The Hall–Kier alpha value is -3.70. The number of thiazole rings is 1. The molecule has 0 aliphatic carbocycles. The van der Waals surface area contributed by atoms with Crippen LogP contribution in [0.3, 0.4) is 0 Å². The minimum absolute atomic E-state index is 0.0620. The molecule has 0 spiro atoms. The van der Waals surface area contributed by atoms with Gasteiger partial charge in [0.05, 0.1) is 23.7 Å². The normalized spacial score (nSPS) is 13.9. The van der Waals surface area contributed by atoms with E-state index in [4.69, 9.17) is 5.26 Å². The molecule has 1 aliphatic rings. The third-order valence-corrected chi connectivity index (χ3v) is 6.18. The van der Waals surface area contributed by atoms with E-state index < -0.39 is 0 Å². The zero-order chi connectivity index (χ0) is 22.3. The molecule has 1 aliphatic heterocycles. The number of benzene rings is 2. The van der Waals surface area contributed by atoms with E-state index in [-0.39, 0.29) is 24.3 Å². The van der Waals surface area contributed by atoms with Crippen molar-refractivity contribution in [1.29, 1.82) is 5.26 Å². The molecule has 3 aromatic rings. The smallest absolute Gasteiger partial charge is 0.257 e. The van der Waals surface area contributed by atoms with Gasteiger partial charge in [0.2, 0.25) is 5.91 Å². The lowest BCUT2D eigenvalue weighted by molar-refractivity contribution is -0.121. The highest BCUT2D eigenvalue weighted by atomic mass is 32.1. The number of nitriles is 1. The second-order valence-electron chi connectivity index (χ2n) is 7.63. The summed E-state index contributed by atoms with van der Waals surface area (Å²) in [7, 11) is 0. The first-order valence-corrected chi connectivity index (χ1v) is 11.3. The molecule has 1 saturated heterocycles. The van der Waals surface area contributed by atoms with Crippen molar-refractivity contribution in [3.63, 3.8) is 0 Å². The van der Waals surface area contributed by atoms with Gasteiger partial charge >= 0.3 is 0 Å². The number of rotatable bonds is 6. The fraction of sp³-hybridized carbons (Fsp3) is 0.250. The molecular formula is C24H23N5O2S. The number of nitrogens with zero attached hydrogens (tertiary/aromatic N) is 3. The van der Waals surface area contributed by atoms with Crippen LogP contribution in [0.25, 0.3) is 0 Å². The Labute approximate surface area is 190 Å². The van der Waals surface area contributed by atoms with Gasteiger partial charge in [-0.05, 0) is 49.2 Å². The Balaban J connectivity index is 1.23.